The van der Waals surface area contributed by atoms with Crippen LogP contribution in [0.5, 0.6) is 5.75 Å². The number of carbonyl (C=O) groups excluding carboxylic acids is 1. The number of allylic oxidation sites excluding steroid dienone is 1. The van der Waals surface area contributed by atoms with Crippen molar-refractivity contribution in [3.63, 3.8) is 0 Å². The number of ether oxygens (including phenoxy) is 1. The third-order valence-electron chi connectivity index (χ3n) is 3.08. The molecule has 0 aliphatic carbocycles. The molecule has 0 heterocycles. The number of carboxylic acid groups (broad SMARTS) is 1. The van der Waals surface area contributed by atoms with E-state index in [9.17, 15) is 9.59 Å². The van der Waals surface area contributed by atoms with Gasteiger partial charge in [0.2, 0.25) is 0 Å². The smallest absolute Gasteiger partial charge is 0.341 e. The molecule has 1 aromatic carbocycles. The summed E-state index contributed by atoms with van der Waals surface area (Å²) in [5.74, 6) is -0.622. The summed E-state index contributed by atoms with van der Waals surface area (Å²) in [4.78, 5) is 22.6. The number of hydrogen-bond donors (Lipinski definition) is 1. The average Bonchev–Trinajstić information content (AvgIpc) is 2.38. The molecular weight excluding hydrogens is 244 g/mol. The predicted octanol–water partition coefficient (Wildman–Crippen LogP) is 2.92. The van der Waals surface area contributed by atoms with Gasteiger partial charge in [-0.25, -0.2) is 4.79 Å². The van der Waals surface area contributed by atoms with Crippen molar-refractivity contribution >= 4 is 11.8 Å². The SMILES string of the molecule is C=C(CC)C(=O)c1ccc(OCC(=O)O)c(C)c1C. The topological polar surface area (TPSA) is 63.6 Å². The van der Waals surface area contributed by atoms with E-state index in [0.717, 1.165) is 11.1 Å². The Morgan fingerprint density at radius 1 is 1.26 bits per heavy atom. The first-order valence-corrected chi connectivity index (χ1v) is 6.05. The molecule has 102 valence electrons. The van der Waals surface area contributed by atoms with Crippen molar-refractivity contribution in [2.24, 2.45) is 0 Å². The molecule has 1 N–H and O–H groups in total. The molecule has 0 aliphatic heterocycles. The molecule has 0 spiro atoms. The maximum atomic E-state index is 12.1. The number of carboxylic acids is 1. The fraction of sp³-hybridized carbons (Fsp3) is 0.333. The Labute approximate surface area is 112 Å². The summed E-state index contributed by atoms with van der Waals surface area (Å²) in [7, 11) is 0. The number of carbonyl (C=O) groups is 2. The molecular formula is C15H18O4. The lowest BCUT2D eigenvalue weighted by Gasteiger charge is -2.13. The van der Waals surface area contributed by atoms with Crippen molar-refractivity contribution in [1.82, 2.24) is 0 Å². The maximum Gasteiger partial charge on any atom is 0.341 e. The fourth-order valence-electron chi connectivity index (χ4n) is 1.69. The maximum absolute atomic E-state index is 12.1. The van der Waals surface area contributed by atoms with Gasteiger partial charge in [-0.3, -0.25) is 4.79 Å². The van der Waals surface area contributed by atoms with Gasteiger partial charge in [0.05, 0.1) is 0 Å². The molecule has 0 unspecified atom stereocenters. The van der Waals surface area contributed by atoms with Crippen molar-refractivity contribution in [3.8, 4) is 5.75 Å². The third-order valence-corrected chi connectivity index (χ3v) is 3.08. The zero-order valence-corrected chi connectivity index (χ0v) is 11.4. The second-order valence-corrected chi connectivity index (χ2v) is 4.33. The standard InChI is InChI=1S/C15H18O4/c1-5-9(2)15(18)12-6-7-13(11(4)10(12)3)19-8-14(16)17/h6-7H,2,5,8H2,1,3-4H3,(H,16,17). The summed E-state index contributed by atoms with van der Waals surface area (Å²) < 4.78 is 5.17. The van der Waals surface area contributed by atoms with E-state index in [0.29, 0.717) is 23.3 Å². The number of hydrogen-bond acceptors (Lipinski definition) is 3. The minimum absolute atomic E-state index is 0.0760. The van der Waals surface area contributed by atoms with Crippen LogP contribution in [-0.2, 0) is 4.79 Å². The number of aliphatic carboxylic acids is 1. The first-order chi connectivity index (χ1) is 8.88. The van der Waals surface area contributed by atoms with Gasteiger partial charge >= 0.3 is 5.97 Å². The highest BCUT2D eigenvalue weighted by Crippen LogP contribution is 2.26. The number of rotatable bonds is 6. The monoisotopic (exact) mass is 262 g/mol. The summed E-state index contributed by atoms with van der Waals surface area (Å²) in [6.07, 6.45) is 0.606. The molecule has 0 atom stereocenters. The lowest BCUT2D eigenvalue weighted by molar-refractivity contribution is -0.139. The van der Waals surface area contributed by atoms with E-state index in [1.807, 2.05) is 13.8 Å². The van der Waals surface area contributed by atoms with Gasteiger partial charge in [0, 0.05) is 5.56 Å². The van der Waals surface area contributed by atoms with Crippen LogP contribution in [0.25, 0.3) is 0 Å². The first-order valence-electron chi connectivity index (χ1n) is 6.05. The summed E-state index contributed by atoms with van der Waals surface area (Å²) in [5, 5.41) is 8.59. The molecule has 0 saturated heterocycles. The molecule has 0 saturated carbocycles. The van der Waals surface area contributed by atoms with Crippen LogP contribution >= 0.6 is 0 Å². The number of ketones is 1. The van der Waals surface area contributed by atoms with E-state index in [1.165, 1.54) is 0 Å². The highest BCUT2D eigenvalue weighted by atomic mass is 16.5. The van der Waals surface area contributed by atoms with Gasteiger partial charge in [0.15, 0.2) is 12.4 Å². The Morgan fingerprint density at radius 2 is 1.89 bits per heavy atom. The van der Waals surface area contributed by atoms with Crippen molar-refractivity contribution in [1.29, 1.82) is 0 Å². The fourth-order valence-corrected chi connectivity index (χ4v) is 1.69. The molecule has 4 heteroatoms. The van der Waals surface area contributed by atoms with Gasteiger partial charge in [-0.1, -0.05) is 13.5 Å². The van der Waals surface area contributed by atoms with Gasteiger partial charge in [-0.2, -0.15) is 0 Å². The summed E-state index contributed by atoms with van der Waals surface area (Å²) in [6, 6.07) is 3.28. The molecule has 1 rings (SSSR count). The predicted molar refractivity (Wildman–Crippen MR) is 72.8 cm³/mol. The average molecular weight is 262 g/mol. The molecule has 0 amide bonds. The van der Waals surface area contributed by atoms with Crippen molar-refractivity contribution < 1.29 is 19.4 Å². The summed E-state index contributed by atoms with van der Waals surface area (Å²) in [6.45, 7) is 8.85. The molecule has 4 nitrogen and oxygen atoms in total. The quantitative estimate of drug-likeness (QED) is 0.632. The largest absolute Gasteiger partial charge is 0.482 e. The van der Waals surface area contributed by atoms with Crippen LogP contribution in [0.3, 0.4) is 0 Å². The number of benzene rings is 1. The van der Waals surface area contributed by atoms with Crippen molar-refractivity contribution in [2.75, 3.05) is 6.61 Å². The van der Waals surface area contributed by atoms with E-state index in [2.05, 4.69) is 6.58 Å². The van der Waals surface area contributed by atoms with Crippen LogP contribution < -0.4 is 4.74 Å². The Bertz CT molecular complexity index is 529. The van der Waals surface area contributed by atoms with E-state index in [-0.39, 0.29) is 5.78 Å². The Balaban J connectivity index is 3.07. The molecule has 0 bridgehead atoms. The van der Waals surface area contributed by atoms with Gasteiger partial charge in [0.1, 0.15) is 5.75 Å². The molecule has 1 aromatic rings. The Hall–Kier alpha value is -2.10. The van der Waals surface area contributed by atoms with E-state index >= 15 is 0 Å². The van der Waals surface area contributed by atoms with Gasteiger partial charge in [0.25, 0.3) is 0 Å². The molecule has 0 radical (unpaired) electrons. The van der Waals surface area contributed by atoms with Gasteiger partial charge < -0.3 is 9.84 Å². The van der Waals surface area contributed by atoms with Crippen LogP contribution in [0.1, 0.15) is 34.8 Å². The Kier molecular flexibility index (Phi) is 4.87. The molecule has 0 aliphatic rings. The zero-order valence-electron chi connectivity index (χ0n) is 11.4. The van der Waals surface area contributed by atoms with E-state index in [4.69, 9.17) is 9.84 Å². The Morgan fingerprint density at radius 3 is 2.42 bits per heavy atom. The van der Waals surface area contributed by atoms with Crippen LogP contribution in [-0.4, -0.2) is 23.5 Å². The van der Waals surface area contributed by atoms with Crippen LogP contribution in [0.2, 0.25) is 0 Å². The second-order valence-electron chi connectivity index (χ2n) is 4.33. The summed E-state index contributed by atoms with van der Waals surface area (Å²) >= 11 is 0. The van der Waals surface area contributed by atoms with Crippen molar-refractivity contribution in [3.05, 3.63) is 41.0 Å². The van der Waals surface area contributed by atoms with E-state index in [1.54, 1.807) is 19.1 Å². The van der Waals surface area contributed by atoms with Crippen LogP contribution in [0, 0.1) is 13.8 Å². The van der Waals surface area contributed by atoms with Crippen molar-refractivity contribution in [2.45, 2.75) is 27.2 Å². The molecule has 0 aromatic heterocycles. The second kappa shape index (κ2) is 6.18. The minimum atomic E-state index is -1.03. The highest BCUT2D eigenvalue weighted by molar-refractivity contribution is 6.09. The van der Waals surface area contributed by atoms with Crippen LogP contribution in [0.15, 0.2) is 24.3 Å². The van der Waals surface area contributed by atoms with E-state index < -0.39 is 12.6 Å². The zero-order chi connectivity index (χ0) is 14.6. The van der Waals surface area contributed by atoms with Gasteiger partial charge in [-0.05, 0) is 49.1 Å². The molecule has 0 fully saturated rings. The minimum Gasteiger partial charge on any atom is -0.482 e. The number of Topliss-reactive ketones (excluding diaryl/α,β-unsaturated/α-hetero) is 1. The first kappa shape index (κ1) is 15.0. The highest BCUT2D eigenvalue weighted by Gasteiger charge is 2.15. The summed E-state index contributed by atoms with van der Waals surface area (Å²) in [5.41, 5.74) is 2.72. The van der Waals surface area contributed by atoms with Crippen LogP contribution in [0.4, 0.5) is 0 Å². The normalized spacial score (nSPS) is 10.1. The van der Waals surface area contributed by atoms with Gasteiger partial charge in [-0.15, -0.1) is 0 Å². The lowest BCUT2D eigenvalue weighted by Crippen LogP contribution is -2.11. The molecule has 19 heavy (non-hydrogen) atoms. The lowest BCUT2D eigenvalue weighted by atomic mass is 9.95. The third kappa shape index (κ3) is 3.44.